The van der Waals surface area contributed by atoms with Crippen molar-refractivity contribution in [3.63, 3.8) is 0 Å². The first-order valence-corrected chi connectivity index (χ1v) is 6.06. The highest BCUT2D eigenvalue weighted by Gasteiger charge is 2.08. The van der Waals surface area contributed by atoms with Crippen molar-refractivity contribution in [2.24, 2.45) is 0 Å². The van der Waals surface area contributed by atoms with Crippen LogP contribution in [-0.2, 0) is 14.3 Å². The molecule has 0 rings (SSSR count). The van der Waals surface area contributed by atoms with Gasteiger partial charge in [-0.25, -0.2) is 0 Å². The third-order valence-electron chi connectivity index (χ3n) is 2.00. The van der Waals surface area contributed by atoms with Gasteiger partial charge in [-0.15, -0.1) is 0 Å². The molecule has 0 aromatic heterocycles. The Hall–Kier alpha value is -0.610. The topological polar surface area (TPSA) is 47.6 Å². The van der Waals surface area contributed by atoms with Crippen LogP contribution in [0.25, 0.3) is 0 Å². The molecule has 0 aliphatic carbocycles. The molecule has 1 N–H and O–H groups in total. The summed E-state index contributed by atoms with van der Waals surface area (Å²) in [6.45, 7) is 9.93. The van der Waals surface area contributed by atoms with Gasteiger partial charge in [-0.1, -0.05) is 13.8 Å². The van der Waals surface area contributed by atoms with Crippen LogP contribution in [-0.4, -0.2) is 37.9 Å². The van der Waals surface area contributed by atoms with Crippen LogP contribution < -0.4 is 5.32 Å². The fraction of sp³-hybridized carbons (Fsp3) is 0.917. The summed E-state index contributed by atoms with van der Waals surface area (Å²) in [7, 11) is 0. The van der Waals surface area contributed by atoms with Gasteiger partial charge in [0, 0.05) is 19.1 Å². The molecular weight excluding hydrogens is 206 g/mol. The van der Waals surface area contributed by atoms with Gasteiger partial charge in [-0.2, -0.15) is 0 Å². The predicted octanol–water partition coefficient (Wildman–Crippen LogP) is 1.73. The van der Waals surface area contributed by atoms with Crippen molar-refractivity contribution in [2.45, 2.75) is 52.7 Å². The molecule has 0 fully saturated rings. The van der Waals surface area contributed by atoms with E-state index in [0.717, 1.165) is 13.0 Å². The molecule has 0 aliphatic rings. The monoisotopic (exact) mass is 231 g/mol. The van der Waals surface area contributed by atoms with Crippen LogP contribution in [0.1, 0.15) is 40.5 Å². The first-order valence-electron chi connectivity index (χ1n) is 6.06. The quantitative estimate of drug-likeness (QED) is 0.485. The van der Waals surface area contributed by atoms with Crippen LogP contribution in [0.5, 0.6) is 0 Å². The van der Waals surface area contributed by atoms with Crippen LogP contribution in [0.15, 0.2) is 0 Å². The fourth-order valence-corrected chi connectivity index (χ4v) is 1.22. The summed E-state index contributed by atoms with van der Waals surface area (Å²) in [4.78, 5) is 11.4. The van der Waals surface area contributed by atoms with Crippen molar-refractivity contribution >= 4 is 5.97 Å². The largest absolute Gasteiger partial charge is 0.460 e. The molecule has 0 saturated heterocycles. The molecule has 0 aromatic carbocycles. The number of nitrogens with one attached hydrogen (secondary N) is 1. The summed E-state index contributed by atoms with van der Waals surface area (Å²) in [5.41, 5.74) is 0. The van der Waals surface area contributed by atoms with Gasteiger partial charge in [0.1, 0.15) is 6.10 Å². The molecule has 4 nitrogen and oxygen atoms in total. The zero-order chi connectivity index (χ0) is 12.4. The van der Waals surface area contributed by atoms with Gasteiger partial charge in [0.15, 0.2) is 0 Å². The van der Waals surface area contributed by atoms with E-state index >= 15 is 0 Å². The van der Waals surface area contributed by atoms with Crippen molar-refractivity contribution in [1.82, 2.24) is 5.32 Å². The van der Waals surface area contributed by atoms with E-state index in [1.54, 1.807) is 0 Å². The molecule has 4 heteroatoms. The second-order valence-electron chi connectivity index (χ2n) is 4.17. The Bertz CT molecular complexity index is 183. The van der Waals surface area contributed by atoms with Crippen LogP contribution in [0.4, 0.5) is 0 Å². The van der Waals surface area contributed by atoms with Crippen molar-refractivity contribution in [2.75, 3.05) is 19.8 Å². The van der Waals surface area contributed by atoms with Crippen LogP contribution in [0, 0.1) is 0 Å². The molecule has 16 heavy (non-hydrogen) atoms. The van der Waals surface area contributed by atoms with Crippen molar-refractivity contribution in [3.8, 4) is 0 Å². The van der Waals surface area contributed by atoms with Crippen molar-refractivity contribution in [3.05, 3.63) is 0 Å². The van der Waals surface area contributed by atoms with Crippen LogP contribution >= 0.6 is 0 Å². The van der Waals surface area contributed by atoms with E-state index < -0.39 is 0 Å². The molecule has 0 heterocycles. The van der Waals surface area contributed by atoms with E-state index in [-0.39, 0.29) is 12.1 Å². The van der Waals surface area contributed by atoms with Gasteiger partial charge in [0.25, 0.3) is 0 Å². The number of hydrogen-bond donors (Lipinski definition) is 1. The second kappa shape index (κ2) is 9.60. The number of carbonyl (C=O) groups excluding carboxylic acids is 1. The van der Waals surface area contributed by atoms with E-state index in [1.807, 2.05) is 13.8 Å². The molecule has 96 valence electrons. The fourth-order valence-electron chi connectivity index (χ4n) is 1.22. The lowest BCUT2D eigenvalue weighted by atomic mass is 10.3. The zero-order valence-corrected chi connectivity index (χ0v) is 10.9. The molecule has 0 bridgehead atoms. The SMILES string of the molecule is CCOCC(C)OC(=O)CCCNC(C)C. The molecule has 1 unspecified atom stereocenters. The first-order chi connectivity index (χ1) is 7.56. The molecule has 0 aromatic rings. The summed E-state index contributed by atoms with van der Waals surface area (Å²) in [5, 5.41) is 3.26. The second-order valence-corrected chi connectivity index (χ2v) is 4.17. The molecule has 0 aliphatic heterocycles. The lowest BCUT2D eigenvalue weighted by Gasteiger charge is -2.13. The number of hydrogen-bond acceptors (Lipinski definition) is 4. The lowest BCUT2D eigenvalue weighted by molar-refractivity contribution is -0.151. The smallest absolute Gasteiger partial charge is 0.306 e. The first kappa shape index (κ1) is 15.4. The standard InChI is InChI=1S/C12H25NO3/c1-5-15-9-11(4)16-12(14)7-6-8-13-10(2)3/h10-11,13H,5-9H2,1-4H3. The summed E-state index contributed by atoms with van der Waals surface area (Å²) >= 11 is 0. The molecular formula is C12H25NO3. The maximum absolute atomic E-state index is 11.4. The van der Waals surface area contributed by atoms with E-state index in [9.17, 15) is 4.79 Å². The third kappa shape index (κ3) is 9.93. The van der Waals surface area contributed by atoms with Gasteiger partial charge in [0.2, 0.25) is 0 Å². The Morgan fingerprint density at radius 3 is 2.56 bits per heavy atom. The van der Waals surface area contributed by atoms with Gasteiger partial charge >= 0.3 is 5.97 Å². The minimum atomic E-state index is -0.148. The van der Waals surface area contributed by atoms with E-state index in [2.05, 4.69) is 19.2 Å². The maximum Gasteiger partial charge on any atom is 0.306 e. The van der Waals surface area contributed by atoms with Crippen LogP contribution in [0.3, 0.4) is 0 Å². The Morgan fingerprint density at radius 2 is 2.00 bits per heavy atom. The highest BCUT2D eigenvalue weighted by Crippen LogP contribution is 1.98. The average Bonchev–Trinajstić information content (AvgIpc) is 2.21. The minimum absolute atomic E-state index is 0.141. The van der Waals surface area contributed by atoms with E-state index in [0.29, 0.717) is 25.7 Å². The molecule has 0 saturated carbocycles. The number of carbonyl (C=O) groups is 1. The average molecular weight is 231 g/mol. The lowest BCUT2D eigenvalue weighted by Crippen LogP contribution is -2.25. The highest BCUT2D eigenvalue weighted by atomic mass is 16.6. The third-order valence-corrected chi connectivity index (χ3v) is 2.00. The summed E-state index contributed by atoms with van der Waals surface area (Å²) < 4.78 is 10.3. The zero-order valence-electron chi connectivity index (χ0n) is 10.9. The molecule has 0 amide bonds. The Balaban J connectivity index is 3.43. The van der Waals surface area contributed by atoms with Crippen LogP contribution in [0.2, 0.25) is 0 Å². The number of esters is 1. The highest BCUT2D eigenvalue weighted by molar-refractivity contribution is 5.69. The maximum atomic E-state index is 11.4. The van der Waals surface area contributed by atoms with Gasteiger partial charge in [-0.3, -0.25) is 4.79 Å². The van der Waals surface area contributed by atoms with Crippen molar-refractivity contribution in [1.29, 1.82) is 0 Å². The van der Waals surface area contributed by atoms with E-state index in [4.69, 9.17) is 9.47 Å². The Kier molecular flexibility index (Phi) is 9.24. The van der Waals surface area contributed by atoms with Crippen molar-refractivity contribution < 1.29 is 14.3 Å². The van der Waals surface area contributed by atoms with Gasteiger partial charge in [0.05, 0.1) is 6.61 Å². The molecule has 0 spiro atoms. The number of rotatable bonds is 9. The summed E-state index contributed by atoms with van der Waals surface area (Å²) in [6, 6.07) is 0.466. The van der Waals surface area contributed by atoms with Gasteiger partial charge < -0.3 is 14.8 Å². The van der Waals surface area contributed by atoms with Gasteiger partial charge in [-0.05, 0) is 26.8 Å². The summed E-state index contributed by atoms with van der Waals surface area (Å²) in [6.07, 6.45) is 1.14. The normalized spacial score (nSPS) is 12.8. The molecule has 0 radical (unpaired) electrons. The minimum Gasteiger partial charge on any atom is -0.460 e. The summed E-state index contributed by atoms with van der Waals surface area (Å²) in [5.74, 6) is -0.141. The molecule has 1 atom stereocenters. The Morgan fingerprint density at radius 1 is 1.31 bits per heavy atom. The Labute approximate surface area is 98.7 Å². The van der Waals surface area contributed by atoms with E-state index in [1.165, 1.54) is 0 Å². The number of ether oxygens (including phenoxy) is 2. The predicted molar refractivity (Wildman–Crippen MR) is 64.4 cm³/mol.